The average molecular weight is 160 g/mol. The molecule has 0 aromatic carbocycles. The number of nitrogens with zero attached hydrogens (tertiary/aromatic N) is 2. The molecule has 3 heteroatoms. The molecule has 12 heavy (non-hydrogen) atoms. The average Bonchev–Trinajstić information content (AvgIpc) is 2.30. The maximum Gasteiger partial charge on any atom is 0.257 e. The summed E-state index contributed by atoms with van der Waals surface area (Å²) in [7, 11) is 0. The van der Waals surface area contributed by atoms with Gasteiger partial charge >= 0.3 is 0 Å². The molecule has 0 spiro atoms. The maximum absolute atomic E-state index is 11.3. The normalized spacial score (nSPS) is 14.0. The summed E-state index contributed by atoms with van der Waals surface area (Å²) < 4.78 is 1.56. The number of aromatic nitrogens is 2. The van der Waals surface area contributed by atoms with Crippen LogP contribution in [0, 0.1) is 0 Å². The molecule has 0 saturated carbocycles. The Labute approximate surface area is 69.7 Å². The molecule has 0 unspecified atom stereocenters. The lowest BCUT2D eigenvalue weighted by Crippen LogP contribution is -2.18. The van der Waals surface area contributed by atoms with Crippen molar-refractivity contribution in [1.29, 1.82) is 0 Å². The zero-order valence-electron chi connectivity index (χ0n) is 6.47. The van der Waals surface area contributed by atoms with E-state index in [1.54, 1.807) is 17.0 Å². The van der Waals surface area contributed by atoms with Crippen LogP contribution >= 0.6 is 0 Å². The quantitative estimate of drug-likeness (QED) is 0.563. The van der Waals surface area contributed by atoms with Crippen LogP contribution in [0.15, 0.2) is 35.3 Å². The standard InChI is InChI=1S/C9H8N2O/c12-9-5-6-10-8-4-2-1-3-7-11(8)9/h1-3,5-7H,4H2. The molecule has 1 aromatic rings. The molecule has 0 amide bonds. The second-order valence-corrected chi connectivity index (χ2v) is 2.54. The van der Waals surface area contributed by atoms with Crippen LogP contribution in [0.5, 0.6) is 0 Å². The number of allylic oxidation sites excluding steroid dienone is 3. The Kier molecular flexibility index (Phi) is 1.63. The van der Waals surface area contributed by atoms with Gasteiger partial charge in [-0.15, -0.1) is 0 Å². The van der Waals surface area contributed by atoms with Crippen LogP contribution in [0.3, 0.4) is 0 Å². The minimum atomic E-state index is -0.0278. The molecule has 0 atom stereocenters. The van der Waals surface area contributed by atoms with Crippen molar-refractivity contribution in [3.05, 3.63) is 46.7 Å². The topological polar surface area (TPSA) is 34.9 Å². The summed E-state index contributed by atoms with van der Waals surface area (Å²) in [5.74, 6) is 0.785. The number of rotatable bonds is 0. The first-order chi connectivity index (χ1) is 5.88. The summed E-state index contributed by atoms with van der Waals surface area (Å²) in [5.41, 5.74) is -0.0278. The number of hydrogen-bond donors (Lipinski definition) is 0. The van der Waals surface area contributed by atoms with Crippen LogP contribution in [-0.4, -0.2) is 9.55 Å². The van der Waals surface area contributed by atoms with Gasteiger partial charge in [0.1, 0.15) is 5.82 Å². The molecule has 0 radical (unpaired) electrons. The number of fused-ring (bicyclic) bond motifs is 1. The van der Waals surface area contributed by atoms with Gasteiger partial charge in [0.15, 0.2) is 0 Å². The molecule has 1 aliphatic rings. The maximum atomic E-state index is 11.3. The van der Waals surface area contributed by atoms with Crippen LogP contribution in [0.2, 0.25) is 0 Å². The fourth-order valence-corrected chi connectivity index (χ4v) is 1.16. The summed E-state index contributed by atoms with van der Waals surface area (Å²) in [6.45, 7) is 0. The van der Waals surface area contributed by atoms with Crippen molar-refractivity contribution in [2.45, 2.75) is 6.42 Å². The third kappa shape index (κ3) is 1.09. The van der Waals surface area contributed by atoms with Crippen molar-refractivity contribution in [2.75, 3.05) is 0 Å². The zero-order chi connectivity index (χ0) is 8.39. The van der Waals surface area contributed by atoms with Gasteiger partial charge in [-0.05, 0) is 6.08 Å². The lowest BCUT2D eigenvalue weighted by atomic mass is 10.3. The fraction of sp³-hybridized carbons (Fsp3) is 0.111. The third-order valence-electron chi connectivity index (χ3n) is 1.74. The highest BCUT2D eigenvalue weighted by atomic mass is 16.1. The Morgan fingerprint density at radius 1 is 1.42 bits per heavy atom. The SMILES string of the molecule is O=c1ccnc2n1C=CC=CC2. The van der Waals surface area contributed by atoms with Crippen LogP contribution in [0.1, 0.15) is 5.82 Å². The predicted octanol–water partition coefficient (Wildman–Crippen LogP) is 0.826. The van der Waals surface area contributed by atoms with Gasteiger partial charge in [-0.2, -0.15) is 0 Å². The fourth-order valence-electron chi connectivity index (χ4n) is 1.16. The summed E-state index contributed by atoms with van der Waals surface area (Å²) >= 11 is 0. The molecule has 2 rings (SSSR count). The van der Waals surface area contributed by atoms with E-state index in [4.69, 9.17) is 0 Å². The lowest BCUT2D eigenvalue weighted by Gasteiger charge is -2.01. The molecular weight excluding hydrogens is 152 g/mol. The summed E-state index contributed by atoms with van der Waals surface area (Å²) in [6.07, 6.45) is 9.70. The van der Waals surface area contributed by atoms with Crippen molar-refractivity contribution in [3.63, 3.8) is 0 Å². The van der Waals surface area contributed by atoms with Crippen LogP contribution < -0.4 is 5.56 Å². The van der Waals surface area contributed by atoms with Crippen LogP contribution in [-0.2, 0) is 6.42 Å². The third-order valence-corrected chi connectivity index (χ3v) is 1.74. The van der Waals surface area contributed by atoms with E-state index in [2.05, 4.69) is 4.98 Å². The Hall–Kier alpha value is -1.64. The van der Waals surface area contributed by atoms with Gasteiger partial charge in [-0.1, -0.05) is 12.2 Å². The Morgan fingerprint density at radius 3 is 3.25 bits per heavy atom. The largest absolute Gasteiger partial charge is 0.271 e. The molecule has 3 nitrogen and oxygen atoms in total. The highest BCUT2D eigenvalue weighted by Crippen LogP contribution is 1.99. The summed E-state index contributed by atoms with van der Waals surface area (Å²) in [4.78, 5) is 15.4. The Balaban J connectivity index is 2.67. The summed E-state index contributed by atoms with van der Waals surface area (Å²) in [5, 5.41) is 0. The molecule has 1 aliphatic heterocycles. The molecule has 0 bridgehead atoms. The number of hydrogen-bond acceptors (Lipinski definition) is 2. The van der Waals surface area contributed by atoms with Crippen molar-refractivity contribution >= 4 is 6.20 Å². The van der Waals surface area contributed by atoms with E-state index >= 15 is 0 Å². The highest BCUT2D eigenvalue weighted by Gasteiger charge is 2.00. The molecule has 0 N–H and O–H groups in total. The van der Waals surface area contributed by atoms with E-state index < -0.39 is 0 Å². The van der Waals surface area contributed by atoms with Crippen LogP contribution in [0.25, 0.3) is 6.20 Å². The van der Waals surface area contributed by atoms with Gasteiger partial charge in [-0.25, -0.2) is 4.98 Å². The molecule has 0 fully saturated rings. The molecule has 1 aromatic heterocycles. The second-order valence-electron chi connectivity index (χ2n) is 2.54. The minimum absolute atomic E-state index is 0.0278. The van der Waals surface area contributed by atoms with Crippen molar-refractivity contribution in [3.8, 4) is 0 Å². The van der Waals surface area contributed by atoms with Gasteiger partial charge in [0, 0.05) is 24.9 Å². The first-order valence-corrected chi connectivity index (χ1v) is 3.78. The molecule has 2 heterocycles. The Bertz CT molecular complexity index is 401. The van der Waals surface area contributed by atoms with Crippen molar-refractivity contribution in [1.82, 2.24) is 9.55 Å². The van der Waals surface area contributed by atoms with Crippen molar-refractivity contribution < 1.29 is 0 Å². The monoisotopic (exact) mass is 160 g/mol. The first kappa shape index (κ1) is 7.03. The van der Waals surface area contributed by atoms with Gasteiger partial charge in [0.25, 0.3) is 5.56 Å². The summed E-state index contributed by atoms with van der Waals surface area (Å²) in [6, 6.07) is 1.46. The molecular formula is C9H8N2O. The van der Waals surface area contributed by atoms with E-state index in [0.29, 0.717) is 6.42 Å². The van der Waals surface area contributed by atoms with E-state index in [-0.39, 0.29) is 5.56 Å². The van der Waals surface area contributed by atoms with E-state index in [9.17, 15) is 4.79 Å². The molecule has 60 valence electrons. The van der Waals surface area contributed by atoms with Gasteiger partial charge in [0.2, 0.25) is 0 Å². The molecule has 0 saturated heterocycles. The van der Waals surface area contributed by atoms with E-state index in [1.165, 1.54) is 6.07 Å². The predicted molar refractivity (Wildman–Crippen MR) is 46.7 cm³/mol. The molecule has 0 aliphatic carbocycles. The van der Waals surface area contributed by atoms with Gasteiger partial charge < -0.3 is 0 Å². The van der Waals surface area contributed by atoms with E-state index in [0.717, 1.165) is 5.82 Å². The smallest absolute Gasteiger partial charge is 0.257 e. The second kappa shape index (κ2) is 2.77. The van der Waals surface area contributed by atoms with Crippen molar-refractivity contribution in [2.24, 2.45) is 0 Å². The van der Waals surface area contributed by atoms with E-state index in [1.807, 2.05) is 18.2 Å². The lowest BCUT2D eigenvalue weighted by molar-refractivity contribution is 0.878. The van der Waals surface area contributed by atoms with Gasteiger partial charge in [0.05, 0.1) is 0 Å². The highest BCUT2D eigenvalue weighted by molar-refractivity contribution is 5.32. The zero-order valence-corrected chi connectivity index (χ0v) is 6.47. The van der Waals surface area contributed by atoms with Gasteiger partial charge in [-0.3, -0.25) is 9.36 Å². The van der Waals surface area contributed by atoms with Crippen LogP contribution in [0.4, 0.5) is 0 Å². The first-order valence-electron chi connectivity index (χ1n) is 3.78. The minimum Gasteiger partial charge on any atom is -0.271 e. The Morgan fingerprint density at radius 2 is 2.33 bits per heavy atom.